The quantitative estimate of drug-likeness (QED) is 0.208. The van der Waals surface area contributed by atoms with Gasteiger partial charge in [0.2, 0.25) is 5.82 Å². The van der Waals surface area contributed by atoms with Crippen LogP contribution in [0.2, 0.25) is 0 Å². The summed E-state index contributed by atoms with van der Waals surface area (Å²) in [5.41, 5.74) is -7.22. The van der Waals surface area contributed by atoms with Crippen molar-refractivity contribution in [3.05, 3.63) is 82.5 Å². The van der Waals surface area contributed by atoms with Crippen molar-refractivity contribution >= 4 is 17.5 Å². The van der Waals surface area contributed by atoms with Gasteiger partial charge in [0.15, 0.2) is 11.6 Å². The molecule has 2 amide bonds. The summed E-state index contributed by atoms with van der Waals surface area (Å²) >= 11 is 0. The molecule has 5 heterocycles. The van der Waals surface area contributed by atoms with Crippen LogP contribution in [0.5, 0.6) is 5.75 Å². The number of aromatic nitrogens is 2. The number of hydrogen-bond acceptors (Lipinski definition) is 9. The molecular formula is C34H32F8N6O5. The van der Waals surface area contributed by atoms with E-state index >= 15 is 8.78 Å². The van der Waals surface area contributed by atoms with Gasteiger partial charge in [-0.15, -0.1) is 0 Å². The second-order valence-electron chi connectivity index (χ2n) is 12.7. The number of carbonyl (C=O) groups excluding carboxylic acids is 2. The molecule has 2 saturated heterocycles. The van der Waals surface area contributed by atoms with E-state index in [-0.39, 0.29) is 30.9 Å². The second kappa shape index (κ2) is 14.5. The monoisotopic (exact) mass is 756 g/mol. The summed E-state index contributed by atoms with van der Waals surface area (Å²) in [4.78, 5) is 36.7. The van der Waals surface area contributed by atoms with Crippen LogP contribution >= 0.6 is 0 Å². The van der Waals surface area contributed by atoms with Crippen molar-refractivity contribution in [2.75, 3.05) is 51.3 Å². The highest BCUT2D eigenvalue weighted by Crippen LogP contribution is 2.43. The van der Waals surface area contributed by atoms with Crippen LogP contribution in [-0.2, 0) is 33.2 Å². The molecule has 2 fully saturated rings. The van der Waals surface area contributed by atoms with E-state index in [0.29, 0.717) is 57.6 Å². The van der Waals surface area contributed by atoms with Crippen LogP contribution in [-0.4, -0.2) is 93.3 Å². The molecule has 3 aromatic rings. The van der Waals surface area contributed by atoms with Gasteiger partial charge in [-0.3, -0.25) is 24.5 Å². The number of ether oxygens (including phenoxy) is 2. The van der Waals surface area contributed by atoms with Crippen LogP contribution in [0, 0.1) is 11.6 Å². The number of nitrogens with one attached hydrogen (secondary N) is 1. The maximum Gasteiger partial charge on any atom is 0.433 e. The molecule has 2 N–H and O–H groups in total. The summed E-state index contributed by atoms with van der Waals surface area (Å²) in [7, 11) is 0. The van der Waals surface area contributed by atoms with Gasteiger partial charge < -0.3 is 19.9 Å². The molecule has 2 aromatic heterocycles. The number of hydrogen-bond donors (Lipinski definition) is 2. The number of morpholine rings is 1. The number of anilines is 1. The molecule has 0 spiro atoms. The molecule has 53 heavy (non-hydrogen) atoms. The normalized spacial score (nSPS) is 20.2. The minimum Gasteiger partial charge on any atom is -0.509 e. The van der Waals surface area contributed by atoms with Gasteiger partial charge in [-0.1, -0.05) is 6.07 Å². The van der Waals surface area contributed by atoms with Crippen LogP contribution in [0.3, 0.4) is 0 Å². The zero-order chi connectivity index (χ0) is 38.3. The molecule has 0 radical (unpaired) electrons. The number of nitrogens with zero attached hydrogens (tertiary/aromatic N) is 5. The Balaban J connectivity index is 1.28. The fourth-order valence-electron chi connectivity index (χ4n) is 6.47. The van der Waals surface area contributed by atoms with E-state index in [0.717, 1.165) is 17.3 Å². The lowest BCUT2D eigenvalue weighted by molar-refractivity contribution is -0.160. The number of aliphatic hydroxyl groups is 1. The molecule has 1 aromatic carbocycles. The zero-order valence-electron chi connectivity index (χ0n) is 28.0. The molecule has 6 rings (SSSR count). The van der Waals surface area contributed by atoms with Gasteiger partial charge in [0.1, 0.15) is 23.6 Å². The van der Waals surface area contributed by atoms with Crippen molar-refractivity contribution in [1.82, 2.24) is 24.9 Å². The highest BCUT2D eigenvalue weighted by molar-refractivity contribution is 6.24. The van der Waals surface area contributed by atoms with Crippen LogP contribution in [0.25, 0.3) is 11.3 Å². The largest absolute Gasteiger partial charge is 0.509 e. The summed E-state index contributed by atoms with van der Waals surface area (Å²) < 4.78 is 123. The van der Waals surface area contributed by atoms with Crippen LogP contribution in [0.15, 0.2) is 54.1 Å². The molecule has 0 bridgehead atoms. The maximum absolute atomic E-state index is 15.5. The number of benzene rings is 1. The molecule has 0 aliphatic carbocycles. The predicted molar refractivity (Wildman–Crippen MR) is 170 cm³/mol. The van der Waals surface area contributed by atoms with Crippen molar-refractivity contribution in [3.8, 4) is 17.0 Å². The number of rotatable bonds is 9. The van der Waals surface area contributed by atoms with Gasteiger partial charge in [0, 0.05) is 49.7 Å². The van der Waals surface area contributed by atoms with Gasteiger partial charge in [-0.25, -0.2) is 14.4 Å². The van der Waals surface area contributed by atoms with E-state index in [1.807, 2.05) is 4.90 Å². The third-order valence-electron chi connectivity index (χ3n) is 9.31. The van der Waals surface area contributed by atoms with Crippen molar-refractivity contribution in [3.63, 3.8) is 0 Å². The Morgan fingerprint density at radius 1 is 1.02 bits per heavy atom. The van der Waals surface area contributed by atoms with E-state index in [4.69, 9.17) is 9.47 Å². The summed E-state index contributed by atoms with van der Waals surface area (Å²) in [6.07, 6.45) is -8.09. The third kappa shape index (κ3) is 7.63. The molecule has 1 atom stereocenters. The number of halogens is 8. The summed E-state index contributed by atoms with van der Waals surface area (Å²) in [5.74, 6) is -6.18. The average molecular weight is 757 g/mol. The smallest absolute Gasteiger partial charge is 0.433 e. The Kier molecular flexibility index (Phi) is 10.4. The number of fused-ring (bicyclic) bond motifs is 1. The van der Waals surface area contributed by atoms with Crippen molar-refractivity contribution in [2.24, 2.45) is 0 Å². The first-order chi connectivity index (χ1) is 25.0. The predicted octanol–water partition coefficient (Wildman–Crippen LogP) is 5.73. The third-order valence-corrected chi connectivity index (χ3v) is 9.31. The van der Waals surface area contributed by atoms with Gasteiger partial charge in [-0.2, -0.15) is 30.7 Å². The number of amides is 2. The van der Waals surface area contributed by atoms with Crippen molar-refractivity contribution < 1.29 is 59.3 Å². The lowest BCUT2D eigenvalue weighted by Gasteiger charge is -2.46. The lowest BCUT2D eigenvalue weighted by atomic mass is 9.90. The Morgan fingerprint density at radius 2 is 1.75 bits per heavy atom. The Bertz CT molecular complexity index is 1930. The molecule has 19 heteroatoms. The molecule has 1 unspecified atom stereocenters. The summed E-state index contributed by atoms with van der Waals surface area (Å²) in [6.45, 7) is 4.01. The van der Waals surface area contributed by atoms with Gasteiger partial charge in [0.25, 0.3) is 11.8 Å². The summed E-state index contributed by atoms with van der Waals surface area (Å²) in [5, 5.41) is 15.9. The van der Waals surface area contributed by atoms with E-state index in [9.17, 15) is 41.0 Å². The number of aliphatic hydroxyl groups excluding tert-OH is 1. The SMILES string of the molecule is CC12CCCN1N(Cc1ccc(OCCN3CCOCC3)c(F)c1F)C(=O)C(C(=O)Nc1ccc(C(F)(F)F)nc1-c1cncc(C(F)(F)F)c1)=C2O. The molecule has 3 aliphatic rings. The zero-order valence-corrected chi connectivity index (χ0v) is 28.0. The summed E-state index contributed by atoms with van der Waals surface area (Å²) in [6, 6.07) is 4.10. The van der Waals surface area contributed by atoms with E-state index in [1.54, 1.807) is 0 Å². The Hall–Kier alpha value is -4.88. The average Bonchev–Trinajstić information content (AvgIpc) is 3.52. The number of alkyl halides is 6. The fraction of sp³-hybridized carbons (Fsp3) is 0.412. The standard InChI is InChI=1S/C34H32F8N6O5/c1-32-7-2-8-48(32)47(18-19-3-5-23(27(36)26(19)35)53-14-11-46-9-12-52-13-10-46)31(51)25(29(32)49)30(50)44-22-4-6-24(34(40,41)42)45-28(22)20-15-21(17-43-16-20)33(37,38)39/h3-6,15-17,49H,2,7-14,18H2,1H3,(H,44,50). The number of pyridine rings is 2. The van der Waals surface area contributed by atoms with Crippen molar-refractivity contribution in [2.45, 2.75) is 44.2 Å². The van der Waals surface area contributed by atoms with Gasteiger partial charge in [-0.05, 0) is 44.0 Å². The van der Waals surface area contributed by atoms with E-state index in [2.05, 4.69) is 15.3 Å². The van der Waals surface area contributed by atoms with E-state index in [1.165, 1.54) is 24.1 Å². The van der Waals surface area contributed by atoms with Crippen LogP contribution in [0.1, 0.15) is 36.6 Å². The highest BCUT2D eigenvalue weighted by atomic mass is 19.4. The highest BCUT2D eigenvalue weighted by Gasteiger charge is 2.53. The van der Waals surface area contributed by atoms with Crippen LogP contribution < -0.4 is 10.1 Å². The minimum atomic E-state index is -5.03. The molecule has 11 nitrogen and oxygen atoms in total. The first kappa shape index (κ1) is 37.9. The minimum absolute atomic E-state index is 0.0649. The molecular weight excluding hydrogens is 724 g/mol. The van der Waals surface area contributed by atoms with Gasteiger partial charge in [0.05, 0.1) is 42.2 Å². The first-order valence-electron chi connectivity index (χ1n) is 16.3. The van der Waals surface area contributed by atoms with Crippen LogP contribution in [0.4, 0.5) is 40.8 Å². The second-order valence-corrected chi connectivity index (χ2v) is 12.7. The topological polar surface area (TPSA) is 120 Å². The molecule has 284 valence electrons. The molecule has 3 aliphatic heterocycles. The molecule has 0 saturated carbocycles. The number of carbonyl (C=O) groups is 2. The van der Waals surface area contributed by atoms with Crippen molar-refractivity contribution in [1.29, 1.82) is 0 Å². The lowest BCUT2D eigenvalue weighted by Crippen LogP contribution is -2.60. The Morgan fingerprint density at radius 3 is 2.45 bits per heavy atom. The fourth-order valence-corrected chi connectivity index (χ4v) is 6.47. The maximum atomic E-state index is 15.5. The number of hydrazine groups is 1. The van der Waals surface area contributed by atoms with E-state index < -0.39 is 87.4 Å². The first-order valence-corrected chi connectivity index (χ1v) is 16.3. The Labute approximate surface area is 296 Å². The van der Waals surface area contributed by atoms with Gasteiger partial charge >= 0.3 is 12.4 Å².